The van der Waals surface area contributed by atoms with E-state index in [1.807, 2.05) is 26.0 Å². The van der Waals surface area contributed by atoms with Crippen LogP contribution in [0.2, 0.25) is 0 Å². The van der Waals surface area contributed by atoms with Gasteiger partial charge in [0.2, 0.25) is 17.5 Å². The maximum absolute atomic E-state index is 12.2. The Kier molecular flexibility index (Phi) is 6.53. The van der Waals surface area contributed by atoms with Crippen LogP contribution in [0.15, 0.2) is 48.8 Å². The SMILES string of the molecule is Cc1cccc(Nc2ncnc(NNC(=O)Cc3ccc([N+](=O)[O-])cc3)c2[N+](=O)[O-])c1C. The number of hydrogen-bond acceptors (Lipinski definition) is 9. The summed E-state index contributed by atoms with van der Waals surface area (Å²) in [5, 5.41) is 25.3. The van der Waals surface area contributed by atoms with Gasteiger partial charge in [0, 0.05) is 17.8 Å². The van der Waals surface area contributed by atoms with Gasteiger partial charge in [-0.3, -0.25) is 35.9 Å². The van der Waals surface area contributed by atoms with E-state index in [1.165, 1.54) is 24.3 Å². The van der Waals surface area contributed by atoms with Gasteiger partial charge in [-0.05, 0) is 36.6 Å². The Bertz CT molecular complexity index is 1180. The number of nitrogens with zero attached hydrogens (tertiary/aromatic N) is 4. The summed E-state index contributed by atoms with van der Waals surface area (Å²) in [6.07, 6.45) is 1.03. The predicted octanol–water partition coefficient (Wildman–Crippen LogP) is 3.34. The number of carbonyl (C=O) groups is 1. The number of aromatic nitrogens is 2. The van der Waals surface area contributed by atoms with Gasteiger partial charge in [0.25, 0.3) is 5.69 Å². The highest BCUT2D eigenvalue weighted by Crippen LogP contribution is 2.32. The first kappa shape index (κ1) is 22.1. The van der Waals surface area contributed by atoms with Crippen LogP contribution in [-0.2, 0) is 11.2 Å². The molecule has 0 unspecified atom stereocenters. The van der Waals surface area contributed by atoms with Gasteiger partial charge < -0.3 is 5.32 Å². The number of hydrogen-bond donors (Lipinski definition) is 3. The number of aryl methyl sites for hydroxylation is 1. The fourth-order valence-corrected chi connectivity index (χ4v) is 2.84. The number of carbonyl (C=O) groups excluding carboxylic acids is 1. The van der Waals surface area contributed by atoms with Crippen LogP contribution in [0.1, 0.15) is 16.7 Å². The summed E-state index contributed by atoms with van der Waals surface area (Å²) in [7, 11) is 0. The van der Waals surface area contributed by atoms with Crippen molar-refractivity contribution in [3.05, 3.63) is 85.7 Å². The van der Waals surface area contributed by atoms with Gasteiger partial charge in [0.05, 0.1) is 16.3 Å². The van der Waals surface area contributed by atoms with Gasteiger partial charge in [-0.1, -0.05) is 24.3 Å². The van der Waals surface area contributed by atoms with Crippen LogP contribution in [0.3, 0.4) is 0 Å². The van der Waals surface area contributed by atoms with Crippen LogP contribution >= 0.6 is 0 Å². The van der Waals surface area contributed by atoms with Crippen LogP contribution in [0.4, 0.5) is 28.7 Å². The van der Waals surface area contributed by atoms with Gasteiger partial charge in [-0.25, -0.2) is 9.97 Å². The van der Waals surface area contributed by atoms with E-state index in [9.17, 15) is 25.0 Å². The van der Waals surface area contributed by atoms with Crippen molar-refractivity contribution in [2.24, 2.45) is 0 Å². The monoisotopic (exact) mass is 437 g/mol. The van der Waals surface area contributed by atoms with Crippen molar-refractivity contribution in [1.82, 2.24) is 15.4 Å². The first-order chi connectivity index (χ1) is 15.3. The molecule has 0 saturated heterocycles. The molecule has 0 spiro atoms. The Balaban J connectivity index is 1.74. The number of nitro groups is 2. The molecule has 32 heavy (non-hydrogen) atoms. The second kappa shape index (κ2) is 9.47. The molecule has 3 aromatic rings. The molecule has 3 rings (SSSR count). The third-order valence-corrected chi connectivity index (χ3v) is 4.69. The number of hydrazine groups is 1. The average molecular weight is 437 g/mol. The second-order valence-electron chi connectivity index (χ2n) is 6.82. The number of benzene rings is 2. The molecule has 0 bridgehead atoms. The zero-order chi connectivity index (χ0) is 23.3. The minimum atomic E-state index is -0.654. The van der Waals surface area contributed by atoms with Crippen molar-refractivity contribution >= 4 is 34.6 Å². The van der Waals surface area contributed by atoms with Gasteiger partial charge in [0.15, 0.2) is 0 Å². The summed E-state index contributed by atoms with van der Waals surface area (Å²) >= 11 is 0. The number of anilines is 3. The van der Waals surface area contributed by atoms with Crippen molar-refractivity contribution in [3.63, 3.8) is 0 Å². The highest BCUT2D eigenvalue weighted by molar-refractivity contribution is 5.81. The fourth-order valence-electron chi connectivity index (χ4n) is 2.84. The summed E-state index contributed by atoms with van der Waals surface area (Å²) in [5.41, 5.74) is 7.37. The summed E-state index contributed by atoms with van der Waals surface area (Å²) in [4.78, 5) is 41.2. The second-order valence-corrected chi connectivity index (χ2v) is 6.82. The Morgan fingerprint density at radius 3 is 2.31 bits per heavy atom. The normalized spacial score (nSPS) is 10.3. The molecule has 2 aromatic carbocycles. The molecule has 0 aliphatic heterocycles. The lowest BCUT2D eigenvalue weighted by Crippen LogP contribution is -2.31. The third-order valence-electron chi connectivity index (χ3n) is 4.69. The van der Waals surface area contributed by atoms with Crippen LogP contribution in [0.25, 0.3) is 0 Å². The molecule has 0 aliphatic rings. The molecule has 1 amide bonds. The van der Waals surface area contributed by atoms with Crippen molar-refractivity contribution < 1.29 is 14.6 Å². The van der Waals surface area contributed by atoms with Crippen molar-refractivity contribution in [3.8, 4) is 0 Å². The summed E-state index contributed by atoms with van der Waals surface area (Å²) in [6.45, 7) is 3.80. The van der Waals surface area contributed by atoms with Gasteiger partial charge in [-0.2, -0.15) is 0 Å². The largest absolute Gasteiger partial charge is 0.355 e. The number of nitro benzene ring substituents is 1. The van der Waals surface area contributed by atoms with Gasteiger partial charge in [0.1, 0.15) is 6.33 Å². The van der Waals surface area contributed by atoms with Crippen LogP contribution in [0, 0.1) is 34.1 Å². The molecular formula is C20H19N7O5. The zero-order valence-corrected chi connectivity index (χ0v) is 17.2. The molecule has 164 valence electrons. The van der Waals surface area contributed by atoms with Crippen LogP contribution in [0.5, 0.6) is 0 Å². The lowest BCUT2D eigenvalue weighted by Gasteiger charge is -2.13. The summed E-state index contributed by atoms with van der Waals surface area (Å²) in [6, 6.07) is 11.0. The van der Waals surface area contributed by atoms with Gasteiger partial charge >= 0.3 is 5.69 Å². The lowest BCUT2D eigenvalue weighted by atomic mass is 10.1. The van der Waals surface area contributed by atoms with E-state index in [-0.39, 0.29) is 23.7 Å². The Labute approximate surface area is 182 Å². The third kappa shape index (κ3) is 5.11. The number of nitrogens with one attached hydrogen (secondary N) is 3. The molecule has 1 heterocycles. The molecule has 0 aliphatic carbocycles. The minimum absolute atomic E-state index is 0.0363. The molecule has 12 nitrogen and oxygen atoms in total. The fraction of sp³-hybridized carbons (Fsp3) is 0.150. The molecular weight excluding hydrogens is 418 g/mol. The maximum Gasteiger partial charge on any atom is 0.355 e. The molecule has 12 heteroatoms. The van der Waals surface area contributed by atoms with E-state index in [2.05, 4.69) is 26.1 Å². The van der Waals surface area contributed by atoms with Crippen molar-refractivity contribution in [1.29, 1.82) is 0 Å². The highest BCUT2D eigenvalue weighted by atomic mass is 16.6. The predicted molar refractivity (Wildman–Crippen MR) is 116 cm³/mol. The Morgan fingerprint density at radius 2 is 1.66 bits per heavy atom. The molecule has 0 fully saturated rings. The molecule has 0 radical (unpaired) electrons. The van der Waals surface area contributed by atoms with E-state index >= 15 is 0 Å². The molecule has 0 saturated carbocycles. The Hall–Kier alpha value is -4.61. The maximum atomic E-state index is 12.2. The molecule has 3 N–H and O–H groups in total. The van der Waals surface area contributed by atoms with E-state index < -0.39 is 21.4 Å². The smallest absolute Gasteiger partial charge is 0.334 e. The number of non-ortho nitro benzene ring substituents is 1. The number of amides is 1. The standard InChI is InChI=1S/C20H19N7O5/c1-12-4-3-5-16(13(12)2)23-19-18(27(31)32)20(22-11-21-19)25-24-17(28)10-14-6-8-15(9-7-14)26(29)30/h3-9,11H,10H2,1-2H3,(H,24,28)(H2,21,22,23,25). The molecule has 0 atom stereocenters. The Morgan fingerprint density at radius 1 is 0.969 bits per heavy atom. The van der Waals surface area contributed by atoms with E-state index in [4.69, 9.17) is 0 Å². The lowest BCUT2D eigenvalue weighted by molar-refractivity contribution is -0.384. The van der Waals surface area contributed by atoms with Crippen molar-refractivity contribution in [2.75, 3.05) is 10.7 Å². The van der Waals surface area contributed by atoms with E-state index in [1.54, 1.807) is 6.07 Å². The number of rotatable bonds is 8. The van der Waals surface area contributed by atoms with E-state index in [0.717, 1.165) is 17.5 Å². The topological polar surface area (TPSA) is 165 Å². The summed E-state index contributed by atoms with van der Waals surface area (Å²) in [5.74, 6) is -0.753. The average Bonchev–Trinajstić information content (AvgIpc) is 2.75. The first-order valence-electron chi connectivity index (χ1n) is 9.37. The van der Waals surface area contributed by atoms with Crippen LogP contribution < -0.4 is 16.2 Å². The van der Waals surface area contributed by atoms with Gasteiger partial charge in [-0.15, -0.1) is 0 Å². The van der Waals surface area contributed by atoms with Crippen LogP contribution in [-0.4, -0.2) is 25.7 Å². The highest BCUT2D eigenvalue weighted by Gasteiger charge is 2.24. The van der Waals surface area contributed by atoms with Crippen molar-refractivity contribution in [2.45, 2.75) is 20.3 Å². The first-order valence-corrected chi connectivity index (χ1v) is 9.37. The molecule has 1 aromatic heterocycles. The summed E-state index contributed by atoms with van der Waals surface area (Å²) < 4.78 is 0. The quantitative estimate of drug-likeness (QED) is 0.354. The zero-order valence-electron chi connectivity index (χ0n) is 17.2. The van der Waals surface area contributed by atoms with E-state index in [0.29, 0.717) is 11.3 Å². The minimum Gasteiger partial charge on any atom is -0.334 e.